The van der Waals surface area contributed by atoms with Crippen molar-refractivity contribution in [3.05, 3.63) is 71.8 Å². The number of carboxylic acid groups (broad SMARTS) is 1. The molecule has 0 aromatic heterocycles. The van der Waals surface area contributed by atoms with Crippen molar-refractivity contribution >= 4 is 29.1 Å². The van der Waals surface area contributed by atoms with Gasteiger partial charge in [-0.1, -0.05) is 79.8 Å². The van der Waals surface area contributed by atoms with Crippen LogP contribution in [0.25, 0.3) is 0 Å². The Morgan fingerprint density at radius 3 is 2.24 bits per heavy atom. The molecule has 0 bridgehead atoms. The van der Waals surface area contributed by atoms with Crippen molar-refractivity contribution in [1.29, 1.82) is 0 Å². The summed E-state index contributed by atoms with van der Waals surface area (Å²) in [5.41, 5.74) is 6.04. The summed E-state index contributed by atoms with van der Waals surface area (Å²) in [6.45, 7) is 3.64. The number of methoxy groups -OCH3 is 1. The maximum atomic E-state index is 13.0. The van der Waals surface area contributed by atoms with E-state index in [9.17, 15) is 14.7 Å². The Hall–Kier alpha value is -2.85. The molecule has 8 nitrogen and oxygen atoms in total. The Bertz CT molecular complexity index is 975. The third kappa shape index (κ3) is 9.85. The van der Waals surface area contributed by atoms with Crippen molar-refractivity contribution in [1.82, 2.24) is 5.32 Å². The molecule has 37 heavy (non-hydrogen) atoms. The van der Waals surface area contributed by atoms with Gasteiger partial charge in [-0.25, -0.2) is 0 Å². The molecule has 202 valence electrons. The van der Waals surface area contributed by atoms with Crippen molar-refractivity contribution in [2.75, 3.05) is 40.3 Å². The molecule has 4 N–H and O–H groups in total. The average Bonchev–Trinajstić information content (AvgIpc) is 2.89. The van der Waals surface area contributed by atoms with Crippen LogP contribution in [0, 0.1) is 11.3 Å². The lowest BCUT2D eigenvalue weighted by molar-refractivity contribution is -0.154. The number of nitrogens with one attached hydrogen (secondary N) is 1. The monoisotopic (exact) mass is 530 g/mol. The second-order valence-corrected chi connectivity index (χ2v) is 9.52. The topological polar surface area (TPSA) is 120 Å². The van der Waals surface area contributed by atoms with Gasteiger partial charge < -0.3 is 30.4 Å². The van der Waals surface area contributed by atoms with Crippen LogP contribution in [0.1, 0.15) is 36.8 Å². The first-order chi connectivity index (χ1) is 17.8. The number of carbonyl (C=O) groups excluding carboxylic acids is 1. The summed E-state index contributed by atoms with van der Waals surface area (Å²) in [5.74, 6) is -2.61. The number of thiocarbonyl (C=S) groups is 1. The fraction of sp³-hybridized carbons (Fsp3) is 0.464. The number of primary amides is 1. The van der Waals surface area contributed by atoms with Gasteiger partial charge in [-0.2, -0.15) is 0 Å². The number of carbonyl (C=O) groups is 2. The molecule has 0 heterocycles. The number of rotatable bonds is 18. The SMILES string of the molecule is COCCOCOCCNC(=S)C(Cc1ccccc1)C(CC(N)=O)(CC(C)c1ccccc1)C(=O)O. The van der Waals surface area contributed by atoms with Gasteiger partial charge in [-0.15, -0.1) is 0 Å². The van der Waals surface area contributed by atoms with Gasteiger partial charge in [0.25, 0.3) is 0 Å². The van der Waals surface area contributed by atoms with Gasteiger partial charge in [-0.3, -0.25) is 9.59 Å². The normalized spacial score (nSPS) is 14.3. The lowest BCUT2D eigenvalue weighted by atomic mass is 9.64. The number of benzene rings is 2. The minimum Gasteiger partial charge on any atom is -0.481 e. The minimum absolute atomic E-state index is 0.112. The summed E-state index contributed by atoms with van der Waals surface area (Å²) in [7, 11) is 1.59. The van der Waals surface area contributed by atoms with Crippen molar-refractivity contribution in [2.24, 2.45) is 17.1 Å². The molecule has 0 saturated carbocycles. The molecule has 0 aliphatic heterocycles. The van der Waals surface area contributed by atoms with E-state index < -0.39 is 23.2 Å². The largest absolute Gasteiger partial charge is 0.481 e. The highest BCUT2D eigenvalue weighted by Gasteiger charge is 2.49. The molecule has 9 heteroatoms. The van der Waals surface area contributed by atoms with E-state index in [1.165, 1.54) is 0 Å². The van der Waals surface area contributed by atoms with E-state index >= 15 is 0 Å². The van der Waals surface area contributed by atoms with Crippen LogP contribution in [0.3, 0.4) is 0 Å². The predicted octanol–water partition coefficient (Wildman–Crippen LogP) is 3.54. The van der Waals surface area contributed by atoms with Gasteiger partial charge in [0.15, 0.2) is 0 Å². The summed E-state index contributed by atoms with van der Waals surface area (Å²) in [6, 6.07) is 19.2. The van der Waals surface area contributed by atoms with Crippen LogP contribution in [0.4, 0.5) is 0 Å². The van der Waals surface area contributed by atoms with Gasteiger partial charge in [0.2, 0.25) is 5.91 Å². The van der Waals surface area contributed by atoms with E-state index in [2.05, 4.69) is 5.32 Å². The lowest BCUT2D eigenvalue weighted by Crippen LogP contribution is -2.50. The van der Waals surface area contributed by atoms with Crippen molar-refractivity contribution < 1.29 is 28.9 Å². The zero-order valence-electron chi connectivity index (χ0n) is 21.6. The van der Waals surface area contributed by atoms with E-state index in [1.54, 1.807) is 7.11 Å². The Morgan fingerprint density at radius 1 is 1.03 bits per heavy atom. The third-order valence-corrected chi connectivity index (χ3v) is 6.79. The van der Waals surface area contributed by atoms with Crippen LogP contribution >= 0.6 is 12.2 Å². The first kappa shape index (κ1) is 30.4. The van der Waals surface area contributed by atoms with Crippen LogP contribution in [0.2, 0.25) is 0 Å². The number of aliphatic carboxylic acids is 1. The quantitative estimate of drug-likeness (QED) is 0.152. The maximum absolute atomic E-state index is 13.0. The molecular weight excluding hydrogens is 492 g/mol. The number of carboxylic acids is 1. The molecule has 2 aromatic rings. The average molecular weight is 531 g/mol. The lowest BCUT2D eigenvalue weighted by Gasteiger charge is -2.39. The fourth-order valence-corrected chi connectivity index (χ4v) is 4.89. The highest BCUT2D eigenvalue weighted by atomic mass is 32.1. The number of ether oxygens (including phenoxy) is 3. The molecule has 3 atom stereocenters. The predicted molar refractivity (Wildman–Crippen MR) is 146 cm³/mol. The number of hydrogen-bond donors (Lipinski definition) is 3. The summed E-state index contributed by atoms with van der Waals surface area (Å²) in [5, 5.41) is 13.8. The van der Waals surface area contributed by atoms with E-state index in [1.807, 2.05) is 67.6 Å². The first-order valence-electron chi connectivity index (χ1n) is 12.3. The van der Waals surface area contributed by atoms with E-state index in [0.29, 0.717) is 37.8 Å². The Morgan fingerprint density at radius 2 is 1.65 bits per heavy atom. The van der Waals surface area contributed by atoms with E-state index in [-0.39, 0.29) is 25.6 Å². The molecule has 2 rings (SSSR count). The van der Waals surface area contributed by atoms with Crippen LogP contribution in [0.5, 0.6) is 0 Å². The molecule has 1 amide bonds. The van der Waals surface area contributed by atoms with Crippen molar-refractivity contribution in [2.45, 2.75) is 32.1 Å². The molecule has 0 spiro atoms. The molecule has 2 aromatic carbocycles. The standard InChI is InChI=1S/C28H38N2O6S/c1-21(23-11-7-4-8-12-23)18-28(27(32)33,19-25(29)31)24(17-22-9-5-3-6-10-22)26(37)30-13-14-35-20-36-16-15-34-2/h3-12,21,24H,13-20H2,1-2H3,(H2,29,31)(H,30,37)(H,32,33). The molecule has 0 aliphatic rings. The smallest absolute Gasteiger partial charge is 0.310 e. The zero-order valence-corrected chi connectivity index (χ0v) is 22.4. The van der Waals surface area contributed by atoms with Crippen molar-refractivity contribution in [3.8, 4) is 0 Å². The number of nitrogens with two attached hydrogens (primary N) is 1. The van der Waals surface area contributed by atoms with E-state index in [4.69, 9.17) is 32.2 Å². The maximum Gasteiger partial charge on any atom is 0.310 e. The second kappa shape index (κ2) is 16.1. The van der Waals surface area contributed by atoms with Crippen LogP contribution in [-0.4, -0.2) is 62.2 Å². The Kier molecular flexibility index (Phi) is 13.2. The zero-order chi connectivity index (χ0) is 27.1. The number of amides is 1. The fourth-order valence-electron chi connectivity index (χ4n) is 4.48. The molecule has 0 saturated heterocycles. The first-order valence-corrected chi connectivity index (χ1v) is 12.7. The van der Waals surface area contributed by atoms with Gasteiger partial charge in [0.1, 0.15) is 6.79 Å². The van der Waals surface area contributed by atoms with Crippen LogP contribution in [-0.2, 0) is 30.2 Å². The van der Waals surface area contributed by atoms with Crippen LogP contribution in [0.15, 0.2) is 60.7 Å². The summed E-state index contributed by atoms with van der Waals surface area (Å²) < 4.78 is 15.7. The van der Waals surface area contributed by atoms with Gasteiger partial charge in [0, 0.05) is 26.0 Å². The summed E-state index contributed by atoms with van der Waals surface area (Å²) in [4.78, 5) is 25.6. The van der Waals surface area contributed by atoms with Crippen LogP contribution < -0.4 is 11.1 Å². The minimum atomic E-state index is -1.51. The Balaban J connectivity index is 2.29. The highest BCUT2D eigenvalue weighted by Crippen LogP contribution is 2.43. The molecule has 0 fully saturated rings. The second-order valence-electron chi connectivity index (χ2n) is 9.08. The van der Waals surface area contributed by atoms with Gasteiger partial charge in [0.05, 0.1) is 30.2 Å². The van der Waals surface area contributed by atoms with E-state index in [0.717, 1.165) is 11.1 Å². The highest BCUT2D eigenvalue weighted by molar-refractivity contribution is 7.80. The van der Waals surface area contributed by atoms with Gasteiger partial charge >= 0.3 is 5.97 Å². The summed E-state index contributed by atoms with van der Waals surface area (Å²) in [6.07, 6.45) is 0.204. The molecule has 0 radical (unpaired) electrons. The third-order valence-electron chi connectivity index (χ3n) is 6.36. The Labute approximate surface area is 224 Å². The summed E-state index contributed by atoms with van der Waals surface area (Å²) >= 11 is 5.77. The van der Waals surface area contributed by atoms with Crippen molar-refractivity contribution in [3.63, 3.8) is 0 Å². The number of hydrogen-bond acceptors (Lipinski definition) is 6. The molecular formula is C28H38N2O6S. The molecule has 0 aliphatic carbocycles. The van der Waals surface area contributed by atoms with Gasteiger partial charge in [-0.05, 0) is 29.9 Å². The molecule has 3 unspecified atom stereocenters.